The molecule has 14 heteroatoms. The van der Waals surface area contributed by atoms with E-state index in [-0.39, 0.29) is 36.1 Å². The van der Waals surface area contributed by atoms with Gasteiger partial charge in [0.05, 0.1) is 37.8 Å². The molecule has 1 aromatic carbocycles. The number of esters is 1. The minimum absolute atomic E-state index is 0.0345. The van der Waals surface area contributed by atoms with Crippen LogP contribution in [-0.4, -0.2) is 88.2 Å². The molecule has 0 aromatic heterocycles. The Labute approximate surface area is 179 Å². The monoisotopic (exact) mass is 463 g/mol. The number of rotatable bonds is 9. The molecule has 0 heterocycles. The lowest BCUT2D eigenvalue weighted by atomic mass is 10.3. The van der Waals surface area contributed by atoms with E-state index < -0.39 is 27.9 Å². The van der Waals surface area contributed by atoms with E-state index in [1.165, 1.54) is 46.5 Å². The van der Waals surface area contributed by atoms with Gasteiger partial charge in [-0.2, -0.15) is 0 Å². The number of nitrogens with one attached hydrogen (secondary N) is 2. The molecule has 1 amide bonds. The van der Waals surface area contributed by atoms with Crippen LogP contribution in [0, 0.1) is 0 Å². The summed E-state index contributed by atoms with van der Waals surface area (Å²) >= 11 is 0. The molecule has 0 bridgehead atoms. The van der Waals surface area contributed by atoms with Crippen molar-refractivity contribution in [3.8, 4) is 5.75 Å². The average molecular weight is 463 g/mol. The Balaban J connectivity index is 0.00000131. The number of carbonyl (C=O) groups is 4. The summed E-state index contributed by atoms with van der Waals surface area (Å²) < 4.78 is 35.1. The van der Waals surface area contributed by atoms with Crippen molar-refractivity contribution >= 4 is 39.5 Å². The van der Waals surface area contributed by atoms with Crippen LogP contribution in [0.3, 0.4) is 0 Å². The third-order valence-electron chi connectivity index (χ3n) is 3.43. The summed E-state index contributed by atoms with van der Waals surface area (Å²) in [5, 5.41) is 20.2. The molecule has 174 valence electrons. The van der Waals surface area contributed by atoms with E-state index in [4.69, 9.17) is 24.5 Å². The summed E-state index contributed by atoms with van der Waals surface area (Å²) in [6, 6.07) is 4.20. The molecule has 31 heavy (non-hydrogen) atoms. The molecule has 13 nitrogen and oxygen atoms in total. The molecule has 0 saturated carbocycles. The zero-order valence-corrected chi connectivity index (χ0v) is 18.2. The average Bonchev–Trinajstić information content (AvgIpc) is 2.71. The molecule has 0 aliphatic rings. The third-order valence-corrected chi connectivity index (χ3v) is 5.24. The van der Waals surface area contributed by atoms with Gasteiger partial charge in [0.1, 0.15) is 5.75 Å². The number of carboxylic acid groups (broad SMARTS) is 2. The quantitative estimate of drug-likeness (QED) is 0.204. The van der Waals surface area contributed by atoms with Crippen LogP contribution in [-0.2, 0) is 33.9 Å². The smallest absolute Gasteiger partial charge is 0.414 e. The second kappa shape index (κ2) is 13.1. The van der Waals surface area contributed by atoms with E-state index >= 15 is 0 Å². The number of amides is 1. The van der Waals surface area contributed by atoms with Gasteiger partial charge >= 0.3 is 17.9 Å². The lowest BCUT2D eigenvalue weighted by Crippen LogP contribution is -2.30. The van der Waals surface area contributed by atoms with E-state index in [1.807, 2.05) is 0 Å². The molecule has 0 fully saturated rings. The highest BCUT2D eigenvalue weighted by atomic mass is 32.2. The molecule has 0 radical (unpaired) electrons. The Hall–Kier alpha value is -3.23. The summed E-state index contributed by atoms with van der Waals surface area (Å²) in [4.78, 5) is 41.2. The molecule has 0 aliphatic carbocycles. The number of carbonyl (C=O) groups excluding carboxylic acids is 2. The third kappa shape index (κ3) is 9.88. The van der Waals surface area contributed by atoms with Gasteiger partial charge in [-0.3, -0.25) is 9.59 Å². The van der Waals surface area contributed by atoms with Crippen molar-refractivity contribution in [1.29, 1.82) is 0 Å². The number of carboxylic acids is 2. The highest BCUT2D eigenvalue weighted by Crippen LogP contribution is 2.28. The van der Waals surface area contributed by atoms with Gasteiger partial charge in [0, 0.05) is 20.6 Å². The van der Waals surface area contributed by atoms with E-state index in [0.717, 1.165) is 4.31 Å². The summed E-state index contributed by atoms with van der Waals surface area (Å²) in [5.41, 5.74) is 0.241. The minimum atomic E-state index is -3.63. The SMILES string of the molecule is COC(=O)CCNCC(=O)Nc1cc(S(=O)(=O)N(C)C)ccc1OC.O=C(O)C(=O)O. The van der Waals surface area contributed by atoms with Gasteiger partial charge in [-0.25, -0.2) is 22.3 Å². The first-order valence-corrected chi connectivity index (χ1v) is 9.95. The lowest BCUT2D eigenvalue weighted by molar-refractivity contribution is -0.159. The fraction of sp³-hybridized carbons (Fsp3) is 0.412. The number of hydrogen-bond acceptors (Lipinski definition) is 9. The van der Waals surface area contributed by atoms with Crippen LogP contribution in [0.1, 0.15) is 6.42 Å². The molecule has 0 unspecified atom stereocenters. The highest BCUT2D eigenvalue weighted by molar-refractivity contribution is 7.89. The number of anilines is 1. The van der Waals surface area contributed by atoms with Crippen LogP contribution in [0.15, 0.2) is 23.1 Å². The predicted octanol–water partition coefficient (Wildman–Crippen LogP) is -0.808. The molecule has 0 atom stereocenters. The molecule has 4 N–H and O–H groups in total. The summed E-state index contributed by atoms with van der Waals surface area (Å²) in [6.07, 6.45) is 0.143. The zero-order valence-electron chi connectivity index (χ0n) is 17.4. The van der Waals surface area contributed by atoms with Crippen LogP contribution >= 0.6 is 0 Å². The number of sulfonamides is 1. The van der Waals surface area contributed by atoms with E-state index in [1.54, 1.807) is 0 Å². The Morgan fingerprint density at radius 2 is 1.65 bits per heavy atom. The van der Waals surface area contributed by atoms with Gasteiger partial charge in [0.15, 0.2) is 0 Å². The first kappa shape index (κ1) is 27.8. The largest absolute Gasteiger partial charge is 0.495 e. The lowest BCUT2D eigenvalue weighted by Gasteiger charge is -2.15. The normalized spacial score (nSPS) is 10.5. The second-order valence-electron chi connectivity index (χ2n) is 5.81. The molecule has 0 spiro atoms. The molecular weight excluding hydrogens is 438 g/mol. The fourth-order valence-corrected chi connectivity index (χ4v) is 2.77. The van der Waals surface area contributed by atoms with Crippen molar-refractivity contribution in [3.63, 3.8) is 0 Å². The molecule has 1 rings (SSSR count). The van der Waals surface area contributed by atoms with Crippen LogP contribution in [0.4, 0.5) is 5.69 Å². The first-order chi connectivity index (χ1) is 14.4. The number of hydrogen-bond donors (Lipinski definition) is 4. The van der Waals surface area contributed by atoms with Crippen LogP contribution in [0.2, 0.25) is 0 Å². The summed E-state index contributed by atoms with van der Waals surface area (Å²) in [5.74, 6) is -4.09. The highest BCUT2D eigenvalue weighted by Gasteiger charge is 2.19. The van der Waals surface area contributed by atoms with Crippen molar-refractivity contribution < 1.29 is 47.3 Å². The molecule has 1 aromatic rings. The van der Waals surface area contributed by atoms with Gasteiger partial charge in [0.25, 0.3) is 0 Å². The van der Waals surface area contributed by atoms with Gasteiger partial charge in [-0.05, 0) is 18.2 Å². The standard InChI is InChI=1S/C15H23N3O6S.C2H2O4/c1-18(2)25(21,22)11-5-6-13(23-3)12(9-11)17-14(19)10-16-8-7-15(20)24-4;3-1(4)2(5)6/h5-6,9,16H,7-8,10H2,1-4H3,(H,17,19);(H,3,4)(H,5,6). The van der Waals surface area contributed by atoms with Gasteiger partial charge < -0.3 is 30.3 Å². The summed E-state index contributed by atoms with van der Waals surface area (Å²) in [7, 11) is 1.91. The first-order valence-electron chi connectivity index (χ1n) is 8.51. The number of nitrogens with zero attached hydrogens (tertiary/aromatic N) is 1. The fourth-order valence-electron chi connectivity index (χ4n) is 1.84. The Morgan fingerprint density at radius 1 is 1.06 bits per heavy atom. The Kier molecular flexibility index (Phi) is 11.8. The van der Waals surface area contributed by atoms with Crippen LogP contribution in [0.25, 0.3) is 0 Å². The summed E-state index contributed by atoms with van der Waals surface area (Å²) in [6.45, 7) is 0.233. The van der Waals surface area contributed by atoms with Gasteiger partial charge in [0.2, 0.25) is 15.9 Å². The van der Waals surface area contributed by atoms with Crippen molar-refractivity contribution in [2.75, 3.05) is 46.7 Å². The number of ether oxygens (including phenoxy) is 2. The molecule has 0 saturated heterocycles. The van der Waals surface area contributed by atoms with E-state index in [0.29, 0.717) is 5.75 Å². The van der Waals surface area contributed by atoms with Crippen molar-refractivity contribution in [2.45, 2.75) is 11.3 Å². The minimum Gasteiger partial charge on any atom is -0.495 e. The molecule has 0 aliphatic heterocycles. The van der Waals surface area contributed by atoms with E-state index in [9.17, 15) is 18.0 Å². The Bertz CT molecular complexity index is 887. The number of methoxy groups -OCH3 is 2. The topological polar surface area (TPSA) is 189 Å². The maximum atomic E-state index is 12.2. The van der Waals surface area contributed by atoms with Crippen molar-refractivity contribution in [2.24, 2.45) is 0 Å². The number of benzene rings is 1. The Morgan fingerprint density at radius 3 is 2.10 bits per heavy atom. The second-order valence-corrected chi connectivity index (χ2v) is 7.96. The van der Waals surface area contributed by atoms with E-state index in [2.05, 4.69) is 15.4 Å². The van der Waals surface area contributed by atoms with Crippen molar-refractivity contribution in [1.82, 2.24) is 9.62 Å². The maximum absolute atomic E-state index is 12.2. The number of aliphatic carboxylic acids is 2. The molecular formula is C17H25N3O10S. The van der Waals surface area contributed by atoms with Crippen molar-refractivity contribution in [3.05, 3.63) is 18.2 Å². The van der Waals surface area contributed by atoms with Gasteiger partial charge in [-0.1, -0.05) is 0 Å². The zero-order chi connectivity index (χ0) is 24.2. The van der Waals surface area contributed by atoms with Crippen LogP contribution < -0.4 is 15.4 Å². The van der Waals surface area contributed by atoms with Gasteiger partial charge in [-0.15, -0.1) is 0 Å². The predicted molar refractivity (Wildman–Crippen MR) is 107 cm³/mol. The van der Waals surface area contributed by atoms with Crippen LogP contribution in [0.5, 0.6) is 5.75 Å². The maximum Gasteiger partial charge on any atom is 0.414 e.